The third-order valence-corrected chi connectivity index (χ3v) is 16.6. The molecule has 0 N–H and O–H groups in total. The molecule has 0 radical (unpaired) electrons. The van der Waals surface area contributed by atoms with Gasteiger partial charge in [0.2, 0.25) is 0 Å². The first kappa shape index (κ1) is 34.9. The van der Waals surface area contributed by atoms with E-state index in [1.165, 1.54) is 124 Å². The second kappa shape index (κ2) is 11.2. The van der Waals surface area contributed by atoms with Crippen molar-refractivity contribution in [1.82, 2.24) is 0 Å². The van der Waals surface area contributed by atoms with E-state index in [9.17, 15) is 0 Å². The number of thiophene rings is 1. The Morgan fingerprint density at radius 1 is 0.714 bits per heavy atom. The summed E-state index contributed by atoms with van der Waals surface area (Å²) < 4.78 is 2.90. The standard InChI is InChI=1S/C52H55BN2S/c1-30-27-40-47-43(31(30)2)51(9)25-13-14-26-52(51,10)55(47)41-29-38-36-16-12-11-15-32(36)17-23-37(38)45-44(41)53(40)48-46(39-28-34(50(6,7)8)20-24-42(39)56-48)54(45)35-21-18-33(19-22-35)49(3,4)5/h11-12,15-16,18-22,24,27-29H,13-14,17,23,25-26H2,1-10H3. The molecule has 0 bridgehead atoms. The van der Waals surface area contributed by atoms with Crippen LogP contribution in [-0.4, -0.2) is 12.3 Å². The lowest BCUT2D eigenvalue weighted by Crippen LogP contribution is -2.64. The van der Waals surface area contributed by atoms with Gasteiger partial charge < -0.3 is 9.80 Å². The largest absolute Gasteiger partial charge is 0.335 e. The average molecular weight is 751 g/mol. The Morgan fingerprint density at radius 2 is 1.43 bits per heavy atom. The van der Waals surface area contributed by atoms with Crippen LogP contribution in [0.3, 0.4) is 0 Å². The van der Waals surface area contributed by atoms with Gasteiger partial charge in [-0.3, -0.25) is 0 Å². The first-order valence-corrected chi connectivity index (χ1v) is 22.1. The third-order valence-electron chi connectivity index (χ3n) is 15.4. The van der Waals surface area contributed by atoms with Crippen LogP contribution in [0.15, 0.2) is 78.9 Å². The molecule has 5 aromatic carbocycles. The minimum Gasteiger partial charge on any atom is -0.335 e. The quantitative estimate of drug-likeness (QED) is 0.154. The number of rotatable bonds is 1. The minimum atomic E-state index is -0.0106. The van der Waals surface area contributed by atoms with Gasteiger partial charge in [-0.15, -0.1) is 11.3 Å². The smallest absolute Gasteiger partial charge is 0.264 e. The molecule has 6 aromatic rings. The van der Waals surface area contributed by atoms with Crippen LogP contribution in [0.2, 0.25) is 0 Å². The zero-order valence-electron chi connectivity index (χ0n) is 35.1. The first-order chi connectivity index (χ1) is 26.6. The van der Waals surface area contributed by atoms with Gasteiger partial charge in [0.25, 0.3) is 6.71 Å². The molecule has 11 rings (SSSR count). The van der Waals surface area contributed by atoms with Crippen molar-refractivity contribution in [2.24, 2.45) is 0 Å². The highest BCUT2D eigenvalue weighted by molar-refractivity contribution is 7.33. The van der Waals surface area contributed by atoms with Gasteiger partial charge in [0.1, 0.15) is 0 Å². The molecule has 2 unspecified atom stereocenters. The zero-order chi connectivity index (χ0) is 38.8. The van der Waals surface area contributed by atoms with E-state index >= 15 is 0 Å². The minimum absolute atomic E-state index is 0.0106. The summed E-state index contributed by atoms with van der Waals surface area (Å²) in [6, 6.07) is 31.6. The molecule has 0 amide bonds. The molecule has 2 nitrogen and oxygen atoms in total. The van der Waals surface area contributed by atoms with Crippen molar-refractivity contribution in [3.63, 3.8) is 0 Å². The summed E-state index contributed by atoms with van der Waals surface area (Å²) >= 11 is 2.05. The molecule has 1 aromatic heterocycles. The number of hydrogen-bond acceptors (Lipinski definition) is 3. The zero-order valence-corrected chi connectivity index (χ0v) is 35.9. The molecule has 2 atom stereocenters. The molecule has 1 saturated carbocycles. The van der Waals surface area contributed by atoms with Crippen LogP contribution in [-0.2, 0) is 29.1 Å². The third kappa shape index (κ3) is 4.35. The maximum atomic E-state index is 2.94. The van der Waals surface area contributed by atoms with Gasteiger partial charge in [0, 0.05) is 43.0 Å². The topological polar surface area (TPSA) is 6.48 Å². The predicted octanol–water partition coefficient (Wildman–Crippen LogP) is 12.2. The molecule has 282 valence electrons. The summed E-state index contributed by atoms with van der Waals surface area (Å²) in [6.07, 6.45) is 7.16. The molecule has 1 fully saturated rings. The van der Waals surface area contributed by atoms with Crippen molar-refractivity contribution in [3.05, 3.63) is 118 Å². The number of nitrogens with zero attached hydrogens (tertiary/aromatic N) is 2. The lowest BCUT2D eigenvalue weighted by atomic mass is 9.35. The highest BCUT2D eigenvalue weighted by atomic mass is 32.1. The van der Waals surface area contributed by atoms with Gasteiger partial charge in [0.15, 0.2) is 0 Å². The Balaban J connectivity index is 1.33. The molecule has 5 aliphatic rings. The van der Waals surface area contributed by atoms with Crippen LogP contribution >= 0.6 is 11.3 Å². The van der Waals surface area contributed by atoms with Crippen LogP contribution in [0, 0.1) is 13.8 Å². The summed E-state index contributed by atoms with van der Waals surface area (Å²) in [5.74, 6) is 0. The van der Waals surface area contributed by atoms with E-state index in [1.807, 2.05) is 0 Å². The Labute approximate surface area is 339 Å². The van der Waals surface area contributed by atoms with Crippen molar-refractivity contribution >= 4 is 72.3 Å². The van der Waals surface area contributed by atoms with Gasteiger partial charge in [0.05, 0.1) is 11.2 Å². The van der Waals surface area contributed by atoms with Crippen LogP contribution in [0.5, 0.6) is 0 Å². The molecule has 0 spiro atoms. The van der Waals surface area contributed by atoms with Gasteiger partial charge in [-0.25, -0.2) is 0 Å². The number of hydrogen-bond donors (Lipinski definition) is 0. The number of benzene rings is 5. The summed E-state index contributed by atoms with van der Waals surface area (Å²) in [7, 11) is 0. The van der Waals surface area contributed by atoms with Gasteiger partial charge in [-0.05, 0) is 149 Å². The first-order valence-electron chi connectivity index (χ1n) is 21.3. The van der Waals surface area contributed by atoms with Gasteiger partial charge in [-0.1, -0.05) is 110 Å². The van der Waals surface area contributed by atoms with Crippen LogP contribution in [0.1, 0.15) is 120 Å². The second-order valence-corrected chi connectivity index (χ2v) is 21.5. The Kier molecular flexibility index (Phi) is 7.00. The summed E-state index contributed by atoms with van der Waals surface area (Å²) in [6.45, 7) is 24.4. The molecule has 4 heteroatoms. The van der Waals surface area contributed by atoms with Crippen molar-refractivity contribution in [1.29, 1.82) is 0 Å². The fraction of sp³-hybridized carbons (Fsp3) is 0.385. The van der Waals surface area contributed by atoms with E-state index in [4.69, 9.17) is 0 Å². The molecule has 3 aliphatic heterocycles. The maximum Gasteiger partial charge on any atom is 0.264 e. The van der Waals surface area contributed by atoms with E-state index < -0.39 is 0 Å². The molecule has 56 heavy (non-hydrogen) atoms. The number of aryl methyl sites for hydroxylation is 2. The Hall–Kier alpha value is -4.28. The second-order valence-electron chi connectivity index (χ2n) is 20.5. The fourth-order valence-corrected chi connectivity index (χ4v) is 13.3. The van der Waals surface area contributed by atoms with Crippen molar-refractivity contribution < 1.29 is 0 Å². The Bertz CT molecular complexity index is 2690. The lowest BCUT2D eigenvalue weighted by Gasteiger charge is -2.53. The van der Waals surface area contributed by atoms with E-state index in [1.54, 1.807) is 5.56 Å². The van der Waals surface area contributed by atoms with Crippen molar-refractivity contribution in [3.8, 4) is 11.1 Å². The molecule has 2 aliphatic carbocycles. The number of fused-ring (bicyclic) bond motifs is 13. The summed E-state index contributed by atoms with van der Waals surface area (Å²) in [4.78, 5) is 5.70. The SMILES string of the molecule is Cc1cc2c3c(c1C)C1(C)CCCCC1(C)N3c1cc3c(c4c1B2c1sc2ccc(C(C)(C)C)cc2c1N4c1ccc(C(C)(C)C)cc1)CCc1ccccc1-3. The normalized spacial score (nSPS) is 21.7. The number of anilines is 5. The monoisotopic (exact) mass is 750 g/mol. The highest BCUT2D eigenvalue weighted by Gasteiger charge is 2.62. The summed E-state index contributed by atoms with van der Waals surface area (Å²) in [5, 5.41) is 1.40. The van der Waals surface area contributed by atoms with Crippen LogP contribution < -0.4 is 25.5 Å². The van der Waals surface area contributed by atoms with E-state index in [-0.39, 0.29) is 28.5 Å². The lowest BCUT2D eigenvalue weighted by molar-refractivity contribution is 0.194. The molecule has 4 heterocycles. The van der Waals surface area contributed by atoms with Gasteiger partial charge in [-0.2, -0.15) is 0 Å². The van der Waals surface area contributed by atoms with Crippen LogP contribution in [0.25, 0.3) is 21.2 Å². The molecular formula is C52H55BN2S. The van der Waals surface area contributed by atoms with Gasteiger partial charge >= 0.3 is 0 Å². The van der Waals surface area contributed by atoms with E-state index in [0.29, 0.717) is 0 Å². The fourth-order valence-electron chi connectivity index (χ4n) is 12.0. The van der Waals surface area contributed by atoms with Crippen molar-refractivity contribution in [2.75, 3.05) is 9.80 Å². The maximum absolute atomic E-state index is 2.94. The Morgan fingerprint density at radius 3 is 2.18 bits per heavy atom. The highest BCUT2D eigenvalue weighted by Crippen LogP contribution is 2.64. The van der Waals surface area contributed by atoms with Crippen molar-refractivity contribution in [2.45, 2.75) is 130 Å². The molecule has 0 saturated heterocycles. The molecular weight excluding hydrogens is 695 g/mol. The van der Waals surface area contributed by atoms with E-state index in [0.717, 1.165) is 12.8 Å². The summed E-state index contributed by atoms with van der Waals surface area (Å²) in [5.41, 5.74) is 23.6. The van der Waals surface area contributed by atoms with E-state index in [2.05, 4.69) is 169 Å². The predicted molar refractivity (Wildman–Crippen MR) is 244 cm³/mol. The average Bonchev–Trinajstić information content (AvgIpc) is 3.64. The van der Waals surface area contributed by atoms with Crippen LogP contribution in [0.4, 0.5) is 28.4 Å².